The minimum Gasteiger partial charge on any atom is -0.494 e. The standard InChI is InChI=1S/C17H13FN4O/c1-2-23-15-9-7-14(8-10-15)22-17(16(11-19)20-21-22)12-3-5-13(18)6-4-12/h3-10H,2H2,1H3. The second-order valence-corrected chi connectivity index (χ2v) is 4.74. The Morgan fingerprint density at radius 1 is 1.13 bits per heavy atom. The van der Waals surface area contributed by atoms with Crippen LogP contribution in [0, 0.1) is 17.1 Å². The molecule has 0 unspecified atom stereocenters. The van der Waals surface area contributed by atoms with Gasteiger partial charge in [-0.2, -0.15) is 5.26 Å². The third-order valence-corrected chi connectivity index (χ3v) is 3.29. The van der Waals surface area contributed by atoms with Crippen molar-refractivity contribution >= 4 is 0 Å². The number of ether oxygens (including phenoxy) is 1. The molecule has 0 amide bonds. The zero-order chi connectivity index (χ0) is 16.2. The Hall–Kier alpha value is -3.20. The van der Waals surface area contributed by atoms with Crippen molar-refractivity contribution in [3.8, 4) is 28.8 Å². The van der Waals surface area contributed by atoms with Crippen molar-refractivity contribution in [2.45, 2.75) is 6.92 Å². The summed E-state index contributed by atoms with van der Waals surface area (Å²) in [6, 6.07) is 15.2. The first-order valence-electron chi connectivity index (χ1n) is 7.08. The molecule has 0 saturated heterocycles. The Balaban J connectivity index is 2.08. The van der Waals surface area contributed by atoms with Crippen molar-refractivity contribution in [1.82, 2.24) is 15.0 Å². The smallest absolute Gasteiger partial charge is 0.191 e. The van der Waals surface area contributed by atoms with Gasteiger partial charge in [0, 0.05) is 5.56 Å². The van der Waals surface area contributed by atoms with E-state index in [1.807, 2.05) is 37.3 Å². The number of benzene rings is 2. The van der Waals surface area contributed by atoms with Gasteiger partial charge in [-0.25, -0.2) is 9.07 Å². The van der Waals surface area contributed by atoms with Gasteiger partial charge in [-0.15, -0.1) is 5.10 Å². The van der Waals surface area contributed by atoms with Gasteiger partial charge in [0.25, 0.3) is 0 Å². The second kappa shape index (κ2) is 6.28. The maximum Gasteiger partial charge on any atom is 0.191 e. The van der Waals surface area contributed by atoms with Gasteiger partial charge < -0.3 is 4.74 Å². The lowest BCUT2D eigenvalue weighted by atomic mass is 10.1. The Kier molecular flexibility index (Phi) is 4.02. The van der Waals surface area contributed by atoms with Crippen LogP contribution in [0.15, 0.2) is 48.5 Å². The van der Waals surface area contributed by atoms with E-state index in [1.165, 1.54) is 12.1 Å². The van der Waals surface area contributed by atoms with Crippen LogP contribution in [0.5, 0.6) is 5.75 Å². The fourth-order valence-corrected chi connectivity index (χ4v) is 2.25. The van der Waals surface area contributed by atoms with Gasteiger partial charge in [0.15, 0.2) is 5.69 Å². The maximum absolute atomic E-state index is 13.1. The van der Waals surface area contributed by atoms with E-state index < -0.39 is 0 Å². The average molecular weight is 308 g/mol. The molecule has 0 radical (unpaired) electrons. The molecule has 0 aliphatic rings. The van der Waals surface area contributed by atoms with Gasteiger partial charge >= 0.3 is 0 Å². The van der Waals surface area contributed by atoms with E-state index in [2.05, 4.69) is 10.3 Å². The van der Waals surface area contributed by atoms with E-state index in [9.17, 15) is 9.65 Å². The highest BCUT2D eigenvalue weighted by Gasteiger charge is 2.16. The van der Waals surface area contributed by atoms with Gasteiger partial charge in [0.05, 0.1) is 12.3 Å². The highest BCUT2D eigenvalue weighted by molar-refractivity contribution is 5.67. The maximum atomic E-state index is 13.1. The zero-order valence-corrected chi connectivity index (χ0v) is 12.4. The number of aromatic nitrogens is 3. The Labute approximate surface area is 132 Å². The molecule has 0 spiro atoms. The minimum atomic E-state index is -0.340. The zero-order valence-electron chi connectivity index (χ0n) is 12.4. The average Bonchev–Trinajstić information content (AvgIpc) is 3.00. The molecule has 23 heavy (non-hydrogen) atoms. The molecule has 0 fully saturated rings. The van der Waals surface area contributed by atoms with Crippen LogP contribution in [-0.2, 0) is 0 Å². The summed E-state index contributed by atoms with van der Waals surface area (Å²) < 4.78 is 20.1. The van der Waals surface area contributed by atoms with Crippen LogP contribution in [0.2, 0.25) is 0 Å². The van der Waals surface area contributed by atoms with Crippen molar-refractivity contribution in [2.24, 2.45) is 0 Å². The van der Waals surface area contributed by atoms with Gasteiger partial charge in [-0.3, -0.25) is 0 Å². The quantitative estimate of drug-likeness (QED) is 0.741. The number of hydrogen-bond acceptors (Lipinski definition) is 4. The lowest BCUT2D eigenvalue weighted by Gasteiger charge is -2.08. The molecule has 0 atom stereocenters. The fourth-order valence-electron chi connectivity index (χ4n) is 2.25. The van der Waals surface area contributed by atoms with Gasteiger partial charge in [-0.1, -0.05) is 5.21 Å². The molecule has 3 rings (SSSR count). The number of nitriles is 1. The summed E-state index contributed by atoms with van der Waals surface area (Å²) in [5, 5.41) is 17.2. The van der Waals surface area contributed by atoms with Crippen LogP contribution in [0.25, 0.3) is 16.9 Å². The summed E-state index contributed by atoms with van der Waals surface area (Å²) in [5.74, 6) is 0.410. The van der Waals surface area contributed by atoms with Crippen LogP contribution < -0.4 is 4.74 Å². The molecular weight excluding hydrogens is 295 g/mol. The topological polar surface area (TPSA) is 63.7 Å². The first-order valence-corrected chi connectivity index (χ1v) is 7.08. The summed E-state index contributed by atoms with van der Waals surface area (Å²) in [6.07, 6.45) is 0. The lowest BCUT2D eigenvalue weighted by Crippen LogP contribution is -2.00. The van der Waals surface area contributed by atoms with Crippen LogP contribution in [0.3, 0.4) is 0 Å². The predicted molar refractivity (Wildman–Crippen MR) is 82.6 cm³/mol. The largest absolute Gasteiger partial charge is 0.494 e. The SMILES string of the molecule is CCOc1ccc(-n2nnc(C#N)c2-c2ccc(F)cc2)cc1. The van der Waals surface area contributed by atoms with Crippen molar-refractivity contribution in [3.63, 3.8) is 0 Å². The molecule has 114 valence electrons. The van der Waals surface area contributed by atoms with Crippen molar-refractivity contribution in [1.29, 1.82) is 5.26 Å². The van der Waals surface area contributed by atoms with Crippen molar-refractivity contribution in [2.75, 3.05) is 6.61 Å². The number of halogens is 1. The van der Waals surface area contributed by atoms with Gasteiger partial charge in [0.1, 0.15) is 23.3 Å². The Morgan fingerprint density at radius 2 is 1.83 bits per heavy atom. The first-order chi connectivity index (χ1) is 11.2. The third kappa shape index (κ3) is 2.90. The predicted octanol–water partition coefficient (Wildman–Crippen LogP) is 3.34. The minimum absolute atomic E-state index is 0.186. The van der Waals surface area contributed by atoms with E-state index in [4.69, 9.17) is 4.74 Å². The molecular formula is C17H13FN4O. The molecule has 3 aromatic rings. The molecule has 0 N–H and O–H groups in total. The number of rotatable bonds is 4. The first kappa shape index (κ1) is 14.7. The molecule has 1 aromatic heterocycles. The van der Waals surface area contributed by atoms with E-state index in [0.29, 0.717) is 17.9 Å². The lowest BCUT2D eigenvalue weighted by molar-refractivity contribution is 0.340. The van der Waals surface area contributed by atoms with Gasteiger partial charge in [-0.05, 0) is 55.5 Å². The van der Waals surface area contributed by atoms with E-state index in [0.717, 1.165) is 11.4 Å². The molecule has 0 aliphatic carbocycles. The van der Waals surface area contributed by atoms with Crippen LogP contribution in [0.4, 0.5) is 4.39 Å². The van der Waals surface area contributed by atoms with E-state index >= 15 is 0 Å². The van der Waals surface area contributed by atoms with Gasteiger partial charge in [0.2, 0.25) is 0 Å². The molecule has 0 saturated carbocycles. The third-order valence-electron chi connectivity index (χ3n) is 3.29. The Bertz CT molecular complexity index is 848. The summed E-state index contributed by atoms with van der Waals surface area (Å²) >= 11 is 0. The normalized spacial score (nSPS) is 10.3. The molecule has 6 heteroatoms. The highest BCUT2D eigenvalue weighted by Crippen LogP contribution is 2.26. The number of hydrogen-bond donors (Lipinski definition) is 0. The van der Waals surface area contributed by atoms with Crippen molar-refractivity contribution in [3.05, 3.63) is 60.0 Å². The molecule has 0 aliphatic heterocycles. The van der Waals surface area contributed by atoms with Crippen LogP contribution in [0.1, 0.15) is 12.6 Å². The molecule has 5 nitrogen and oxygen atoms in total. The van der Waals surface area contributed by atoms with E-state index in [-0.39, 0.29) is 11.5 Å². The van der Waals surface area contributed by atoms with Crippen molar-refractivity contribution < 1.29 is 9.13 Å². The van der Waals surface area contributed by atoms with Crippen LogP contribution >= 0.6 is 0 Å². The Morgan fingerprint density at radius 3 is 2.43 bits per heavy atom. The monoisotopic (exact) mass is 308 g/mol. The summed E-state index contributed by atoms with van der Waals surface area (Å²) in [4.78, 5) is 0. The molecule has 1 heterocycles. The second-order valence-electron chi connectivity index (χ2n) is 4.74. The highest BCUT2D eigenvalue weighted by atomic mass is 19.1. The van der Waals surface area contributed by atoms with E-state index in [1.54, 1.807) is 16.8 Å². The summed E-state index contributed by atoms with van der Waals surface area (Å²) in [7, 11) is 0. The molecule has 2 aromatic carbocycles. The molecule has 0 bridgehead atoms. The summed E-state index contributed by atoms with van der Waals surface area (Å²) in [6.45, 7) is 2.50. The number of nitrogens with zero attached hydrogens (tertiary/aromatic N) is 4. The fraction of sp³-hybridized carbons (Fsp3) is 0.118. The summed E-state index contributed by atoms with van der Waals surface area (Å²) in [5.41, 5.74) is 2.12. The van der Waals surface area contributed by atoms with Crippen LogP contribution in [-0.4, -0.2) is 21.6 Å².